The van der Waals surface area contributed by atoms with E-state index >= 15 is 0 Å². The third kappa shape index (κ3) is 3.71. The molecular weight excluding hydrogens is 344 g/mol. The average molecular weight is 361 g/mol. The second-order valence-electron chi connectivity index (χ2n) is 5.63. The van der Waals surface area contributed by atoms with Crippen LogP contribution >= 0.6 is 11.6 Å². The second-order valence-corrected chi connectivity index (χ2v) is 6.04. The van der Waals surface area contributed by atoms with Crippen LogP contribution in [-0.4, -0.2) is 20.9 Å². The van der Waals surface area contributed by atoms with Crippen LogP contribution in [0.25, 0.3) is 0 Å². The van der Waals surface area contributed by atoms with Crippen LogP contribution in [0.3, 0.4) is 0 Å². The van der Waals surface area contributed by atoms with Crippen LogP contribution in [0.5, 0.6) is 5.88 Å². The molecule has 0 bridgehead atoms. The Hall–Kier alpha value is -2.69. The van der Waals surface area contributed by atoms with Gasteiger partial charge >= 0.3 is 0 Å². The second kappa shape index (κ2) is 7.47. The number of aromatic hydroxyl groups is 1. The highest BCUT2D eigenvalue weighted by Crippen LogP contribution is 2.29. The molecule has 0 spiro atoms. The fraction of sp³-hybridized carbons (Fsp3) is 0.294. The number of rotatable bonds is 4. The molecule has 0 aliphatic carbocycles. The first-order chi connectivity index (χ1) is 11.8. The Balaban J connectivity index is 2.65. The molecule has 7 nitrogen and oxygen atoms in total. The van der Waals surface area contributed by atoms with Crippen molar-refractivity contribution in [1.29, 1.82) is 5.26 Å². The van der Waals surface area contributed by atoms with Gasteiger partial charge in [-0.25, -0.2) is 0 Å². The summed E-state index contributed by atoms with van der Waals surface area (Å²) in [6, 6.07) is 6.97. The summed E-state index contributed by atoms with van der Waals surface area (Å²) < 4.78 is 0.912. The molecule has 1 atom stereocenters. The van der Waals surface area contributed by atoms with E-state index in [4.69, 9.17) is 11.6 Å². The van der Waals surface area contributed by atoms with E-state index in [-0.39, 0.29) is 23.4 Å². The first-order valence-electron chi connectivity index (χ1n) is 7.49. The highest BCUT2D eigenvalue weighted by molar-refractivity contribution is 6.31. The summed E-state index contributed by atoms with van der Waals surface area (Å²) >= 11 is 6.04. The summed E-state index contributed by atoms with van der Waals surface area (Å²) in [5, 5.41) is 37.5. The van der Waals surface area contributed by atoms with Crippen molar-refractivity contribution < 1.29 is 10.2 Å². The van der Waals surface area contributed by atoms with E-state index in [2.05, 4.69) is 10.2 Å². The van der Waals surface area contributed by atoms with E-state index in [0.717, 1.165) is 4.57 Å². The smallest absolute Gasteiger partial charge is 0.281 e. The molecule has 2 aromatic rings. The van der Waals surface area contributed by atoms with Crippen LogP contribution in [0.2, 0.25) is 5.02 Å². The first-order valence-corrected chi connectivity index (χ1v) is 7.87. The number of aromatic nitrogens is 1. The number of nitrogens with zero attached hydrogens (tertiary/aromatic N) is 4. The largest absolute Gasteiger partial charge is 0.493 e. The molecule has 25 heavy (non-hydrogen) atoms. The van der Waals surface area contributed by atoms with Crippen LogP contribution in [0, 0.1) is 25.2 Å². The van der Waals surface area contributed by atoms with Crippen LogP contribution < -0.4 is 5.56 Å². The van der Waals surface area contributed by atoms with Crippen molar-refractivity contribution in [1.82, 2.24) is 4.57 Å². The van der Waals surface area contributed by atoms with Gasteiger partial charge in [0.25, 0.3) is 5.56 Å². The molecule has 0 saturated heterocycles. The lowest BCUT2D eigenvalue weighted by molar-refractivity contribution is 0.167. The number of aliphatic hydroxyl groups excluding tert-OH is 1. The SMILES string of the molecule is Cc1c(Cl)cccc1N=Nc1c(C)c(C#N)c(O)n(CC(C)O)c1=O. The minimum atomic E-state index is -0.891. The minimum absolute atomic E-state index is 0.0747. The third-order valence-electron chi connectivity index (χ3n) is 3.71. The summed E-state index contributed by atoms with van der Waals surface area (Å²) in [5.74, 6) is -0.496. The summed E-state index contributed by atoms with van der Waals surface area (Å²) in [4.78, 5) is 12.6. The maximum Gasteiger partial charge on any atom is 0.281 e. The van der Waals surface area contributed by atoms with E-state index in [0.29, 0.717) is 16.3 Å². The van der Waals surface area contributed by atoms with Gasteiger partial charge in [-0.2, -0.15) is 10.4 Å². The molecule has 0 amide bonds. The van der Waals surface area contributed by atoms with E-state index in [1.807, 2.05) is 6.07 Å². The predicted molar refractivity (Wildman–Crippen MR) is 93.9 cm³/mol. The van der Waals surface area contributed by atoms with E-state index < -0.39 is 17.5 Å². The van der Waals surface area contributed by atoms with E-state index in [9.17, 15) is 20.3 Å². The molecule has 0 saturated carbocycles. The number of hydrogen-bond acceptors (Lipinski definition) is 6. The van der Waals surface area contributed by atoms with Crippen LogP contribution in [0.1, 0.15) is 23.6 Å². The first kappa shape index (κ1) is 18.6. The zero-order chi connectivity index (χ0) is 18.7. The normalized spacial score (nSPS) is 12.3. The number of pyridine rings is 1. The number of halogens is 1. The zero-order valence-corrected chi connectivity index (χ0v) is 14.7. The van der Waals surface area contributed by atoms with Crippen molar-refractivity contribution in [3.63, 3.8) is 0 Å². The fourth-order valence-electron chi connectivity index (χ4n) is 2.30. The maximum atomic E-state index is 12.6. The topological polar surface area (TPSA) is 111 Å². The molecule has 0 aliphatic rings. The molecule has 1 aromatic carbocycles. The molecule has 0 fully saturated rings. The average Bonchev–Trinajstić information content (AvgIpc) is 2.55. The molecular formula is C17H17ClN4O3. The Bertz CT molecular complexity index is 942. The Kier molecular flexibility index (Phi) is 5.57. The maximum absolute atomic E-state index is 12.6. The molecule has 1 unspecified atom stereocenters. The van der Waals surface area contributed by atoms with Crippen molar-refractivity contribution >= 4 is 23.0 Å². The highest BCUT2D eigenvalue weighted by Gasteiger charge is 2.20. The quantitative estimate of drug-likeness (QED) is 0.812. The number of nitriles is 1. The summed E-state index contributed by atoms with van der Waals surface area (Å²) in [7, 11) is 0. The van der Waals surface area contributed by atoms with Gasteiger partial charge < -0.3 is 10.2 Å². The van der Waals surface area contributed by atoms with Gasteiger partial charge in [0.2, 0.25) is 5.88 Å². The molecule has 1 aromatic heterocycles. The van der Waals surface area contributed by atoms with Gasteiger partial charge in [-0.05, 0) is 38.5 Å². The van der Waals surface area contributed by atoms with Crippen molar-refractivity contribution in [2.75, 3.05) is 0 Å². The van der Waals surface area contributed by atoms with E-state index in [1.165, 1.54) is 13.8 Å². The Labute approximate surface area is 149 Å². The molecule has 130 valence electrons. The molecule has 2 rings (SSSR count). The number of aliphatic hydroxyl groups is 1. The summed E-state index contributed by atoms with van der Waals surface area (Å²) in [5.41, 5.74) is 0.606. The van der Waals surface area contributed by atoms with Crippen molar-refractivity contribution in [3.05, 3.63) is 50.3 Å². The number of azo groups is 1. The van der Waals surface area contributed by atoms with Gasteiger partial charge in [-0.15, -0.1) is 5.11 Å². The molecule has 0 aliphatic heterocycles. The lowest BCUT2D eigenvalue weighted by Gasteiger charge is -2.14. The van der Waals surface area contributed by atoms with Gasteiger partial charge in [0, 0.05) is 10.6 Å². The molecule has 1 heterocycles. The standard InChI is InChI=1S/C17H17ClN4O3/c1-9(23)8-22-16(24)12(7-19)10(2)15(17(22)25)21-20-14-6-4-5-13(18)11(14)3/h4-6,9,23-24H,8H2,1-3H3. The van der Waals surface area contributed by atoms with Crippen LogP contribution in [0.15, 0.2) is 33.2 Å². The molecule has 8 heteroatoms. The van der Waals surface area contributed by atoms with Crippen molar-refractivity contribution in [3.8, 4) is 11.9 Å². The Morgan fingerprint density at radius 2 is 2.00 bits per heavy atom. The van der Waals surface area contributed by atoms with Crippen molar-refractivity contribution in [2.45, 2.75) is 33.4 Å². The summed E-state index contributed by atoms with van der Waals surface area (Å²) in [6.45, 7) is 4.57. The third-order valence-corrected chi connectivity index (χ3v) is 4.12. The van der Waals surface area contributed by atoms with Gasteiger partial charge in [0.1, 0.15) is 11.6 Å². The predicted octanol–water partition coefficient (Wildman–Crippen LogP) is 3.49. The number of benzene rings is 1. The summed E-state index contributed by atoms with van der Waals surface area (Å²) in [6.07, 6.45) is -0.891. The van der Waals surface area contributed by atoms with Gasteiger partial charge in [-0.3, -0.25) is 9.36 Å². The number of hydrogen-bond donors (Lipinski definition) is 2. The van der Waals surface area contributed by atoms with Crippen molar-refractivity contribution in [2.24, 2.45) is 10.2 Å². The van der Waals surface area contributed by atoms with Crippen LogP contribution in [0.4, 0.5) is 11.4 Å². The van der Waals surface area contributed by atoms with Gasteiger partial charge in [0.15, 0.2) is 5.69 Å². The Morgan fingerprint density at radius 1 is 1.32 bits per heavy atom. The fourth-order valence-corrected chi connectivity index (χ4v) is 2.47. The zero-order valence-electron chi connectivity index (χ0n) is 14.0. The van der Waals surface area contributed by atoms with Gasteiger partial charge in [0.05, 0.1) is 18.3 Å². The monoisotopic (exact) mass is 360 g/mol. The van der Waals surface area contributed by atoms with Gasteiger partial charge in [-0.1, -0.05) is 17.7 Å². The minimum Gasteiger partial charge on any atom is -0.493 e. The molecule has 2 N–H and O–H groups in total. The lowest BCUT2D eigenvalue weighted by atomic mass is 10.1. The van der Waals surface area contributed by atoms with E-state index in [1.54, 1.807) is 25.1 Å². The Morgan fingerprint density at radius 3 is 2.60 bits per heavy atom. The molecule has 0 radical (unpaired) electrons. The van der Waals surface area contributed by atoms with Crippen LogP contribution in [-0.2, 0) is 6.54 Å². The highest BCUT2D eigenvalue weighted by atomic mass is 35.5. The lowest BCUT2D eigenvalue weighted by Crippen LogP contribution is -2.26.